The number of nitrogens with one attached hydrogen (secondary N) is 2. The van der Waals surface area contributed by atoms with Crippen molar-refractivity contribution in [3.8, 4) is 0 Å². The van der Waals surface area contributed by atoms with Gasteiger partial charge in [-0.25, -0.2) is 0 Å². The van der Waals surface area contributed by atoms with Gasteiger partial charge in [-0.2, -0.15) is 0 Å². The number of esters is 1. The highest BCUT2D eigenvalue weighted by molar-refractivity contribution is 7.80. The topological polar surface area (TPSA) is 93.2 Å². The Kier molecular flexibility index (Phi) is 5.18. The van der Waals surface area contributed by atoms with Crippen molar-refractivity contribution >= 4 is 45.7 Å². The highest BCUT2D eigenvalue weighted by Gasteiger charge is 2.34. The number of carbonyl (C=O) groups excluding carboxylic acids is 2. The fraction of sp³-hybridized carbons (Fsp3) is 0.583. The quantitative estimate of drug-likeness (QED) is 0.636. The number of nitrogens with zero attached hydrogens (tertiary/aromatic N) is 2. The van der Waals surface area contributed by atoms with E-state index >= 15 is 0 Å². The van der Waals surface area contributed by atoms with Crippen LogP contribution < -0.4 is 10.6 Å². The highest BCUT2D eigenvalue weighted by atomic mass is 32.1. The Morgan fingerprint density at radius 1 is 1.67 bits per heavy atom. The molecule has 0 bridgehead atoms. The summed E-state index contributed by atoms with van der Waals surface area (Å²) in [5.74, 6) is -1.01. The minimum Gasteiger partial charge on any atom is -0.462 e. The van der Waals surface area contributed by atoms with E-state index in [4.69, 9.17) is 17.0 Å². The third kappa shape index (κ3) is 4.43. The maximum atomic E-state index is 12.0. The molecule has 1 aromatic heterocycles. The monoisotopic (exact) mass is 328 g/mol. The number of hydrogen-bond acceptors (Lipinski definition) is 7. The smallest absolute Gasteiger partial charge is 0.309 e. The van der Waals surface area contributed by atoms with Gasteiger partial charge in [0.25, 0.3) is 0 Å². The molecule has 0 aromatic carbocycles. The van der Waals surface area contributed by atoms with Crippen LogP contribution in [0.4, 0.5) is 5.13 Å². The fourth-order valence-electron chi connectivity index (χ4n) is 2.16. The van der Waals surface area contributed by atoms with Crippen molar-refractivity contribution in [1.82, 2.24) is 15.5 Å². The van der Waals surface area contributed by atoms with E-state index in [1.165, 1.54) is 11.3 Å². The number of cyclic esters (lactones) is 1. The molecular weight excluding hydrogens is 312 g/mol. The Balaban J connectivity index is 1.79. The second-order valence-corrected chi connectivity index (χ2v) is 6.25. The summed E-state index contributed by atoms with van der Waals surface area (Å²) in [4.78, 5) is 23.6. The molecule has 9 heteroatoms. The summed E-state index contributed by atoms with van der Waals surface area (Å²) >= 11 is 6.31. The minimum atomic E-state index is -0.331. The second kappa shape index (κ2) is 6.90. The van der Waals surface area contributed by atoms with Crippen LogP contribution in [0.5, 0.6) is 0 Å². The van der Waals surface area contributed by atoms with Crippen LogP contribution in [0.25, 0.3) is 0 Å². The van der Waals surface area contributed by atoms with Crippen LogP contribution in [0.15, 0.2) is 5.51 Å². The molecule has 1 aliphatic rings. The summed E-state index contributed by atoms with van der Waals surface area (Å²) in [5, 5.41) is 13.5. The predicted molar refractivity (Wildman–Crippen MR) is 81.7 cm³/mol. The average Bonchev–Trinajstić information content (AvgIpc) is 2.99. The van der Waals surface area contributed by atoms with Gasteiger partial charge in [-0.05, 0) is 32.0 Å². The number of aromatic nitrogens is 2. The molecular formula is C12H16N4O3S2. The normalized spacial score (nSPS) is 22.5. The van der Waals surface area contributed by atoms with Gasteiger partial charge in [0.05, 0.1) is 12.0 Å². The van der Waals surface area contributed by atoms with Crippen molar-refractivity contribution in [2.45, 2.75) is 32.8 Å². The highest BCUT2D eigenvalue weighted by Crippen LogP contribution is 2.26. The molecule has 0 unspecified atom stereocenters. The molecule has 3 atom stereocenters. The van der Waals surface area contributed by atoms with Crippen molar-refractivity contribution in [3.05, 3.63) is 5.51 Å². The SMILES string of the molecule is C[C@@H]1C[C@@H](C[C@H](C)C(=O)NC(=S)Nc2nncs2)C(=O)O1. The van der Waals surface area contributed by atoms with E-state index in [2.05, 4.69) is 20.8 Å². The van der Waals surface area contributed by atoms with Gasteiger partial charge in [-0.1, -0.05) is 18.3 Å². The lowest BCUT2D eigenvalue weighted by molar-refractivity contribution is -0.144. The molecule has 21 heavy (non-hydrogen) atoms. The molecule has 0 aliphatic carbocycles. The summed E-state index contributed by atoms with van der Waals surface area (Å²) in [7, 11) is 0. The maximum absolute atomic E-state index is 12.0. The van der Waals surface area contributed by atoms with Crippen LogP contribution in [-0.2, 0) is 14.3 Å². The first kappa shape index (κ1) is 15.8. The van der Waals surface area contributed by atoms with E-state index in [-0.39, 0.29) is 34.9 Å². The van der Waals surface area contributed by atoms with Crippen molar-refractivity contribution in [1.29, 1.82) is 0 Å². The summed E-state index contributed by atoms with van der Waals surface area (Å²) < 4.78 is 5.08. The van der Waals surface area contributed by atoms with Crippen LogP contribution in [0.3, 0.4) is 0 Å². The second-order valence-electron chi connectivity index (χ2n) is 5.00. The molecule has 0 saturated carbocycles. The van der Waals surface area contributed by atoms with Crippen molar-refractivity contribution in [2.24, 2.45) is 11.8 Å². The van der Waals surface area contributed by atoms with Crippen LogP contribution in [0.1, 0.15) is 26.7 Å². The predicted octanol–water partition coefficient (Wildman–Crippen LogP) is 1.33. The van der Waals surface area contributed by atoms with Gasteiger partial charge in [0.2, 0.25) is 11.0 Å². The molecule has 1 aromatic rings. The van der Waals surface area contributed by atoms with Gasteiger partial charge >= 0.3 is 5.97 Å². The number of rotatable bonds is 4. The van der Waals surface area contributed by atoms with Gasteiger partial charge in [0.1, 0.15) is 5.51 Å². The number of thiocarbonyl (C=S) groups is 1. The molecule has 1 amide bonds. The van der Waals surface area contributed by atoms with E-state index in [0.29, 0.717) is 18.0 Å². The molecule has 2 heterocycles. The molecule has 7 nitrogen and oxygen atoms in total. The lowest BCUT2D eigenvalue weighted by Crippen LogP contribution is -2.38. The van der Waals surface area contributed by atoms with Gasteiger partial charge in [-0.15, -0.1) is 10.2 Å². The first-order valence-corrected chi connectivity index (χ1v) is 7.83. The van der Waals surface area contributed by atoms with Gasteiger partial charge in [-0.3, -0.25) is 9.59 Å². The molecule has 0 radical (unpaired) electrons. The maximum Gasteiger partial charge on any atom is 0.309 e. The van der Waals surface area contributed by atoms with Crippen LogP contribution in [0.2, 0.25) is 0 Å². The summed E-state index contributed by atoms with van der Waals surface area (Å²) in [6.45, 7) is 3.61. The van der Waals surface area contributed by atoms with Crippen LogP contribution in [0, 0.1) is 11.8 Å². The molecule has 1 saturated heterocycles. The number of amides is 1. The molecule has 2 N–H and O–H groups in total. The Labute approximate surface area is 131 Å². The van der Waals surface area contributed by atoms with E-state index in [1.54, 1.807) is 12.4 Å². The minimum absolute atomic E-state index is 0.0714. The van der Waals surface area contributed by atoms with Crippen molar-refractivity contribution < 1.29 is 14.3 Å². The van der Waals surface area contributed by atoms with Crippen LogP contribution >= 0.6 is 23.6 Å². The number of anilines is 1. The summed E-state index contributed by atoms with van der Waals surface area (Å²) in [6, 6.07) is 0. The molecule has 2 rings (SSSR count). The first-order valence-electron chi connectivity index (χ1n) is 6.54. The molecule has 114 valence electrons. The van der Waals surface area contributed by atoms with Gasteiger partial charge in [0, 0.05) is 5.92 Å². The van der Waals surface area contributed by atoms with E-state index < -0.39 is 0 Å². The lowest BCUT2D eigenvalue weighted by Gasteiger charge is -2.14. The lowest BCUT2D eigenvalue weighted by atomic mass is 9.93. The number of hydrogen-bond donors (Lipinski definition) is 2. The third-order valence-corrected chi connectivity index (χ3v) is 3.98. The summed E-state index contributed by atoms with van der Waals surface area (Å²) in [6.07, 6.45) is 1.04. The standard InChI is InChI=1S/C12H16N4O3S2/c1-6(3-8-4-7(2)19-10(8)18)9(17)14-11(20)15-12-16-13-5-21-12/h5-8H,3-4H2,1-2H3,(H2,14,15,16,17,20)/t6-,7+,8+/m0/s1. The van der Waals surface area contributed by atoms with Crippen LogP contribution in [-0.4, -0.2) is 33.3 Å². The van der Waals surface area contributed by atoms with E-state index in [0.717, 1.165) is 0 Å². The Bertz CT molecular complexity index is 535. The Hall–Kier alpha value is -1.61. The Morgan fingerprint density at radius 2 is 2.43 bits per heavy atom. The van der Waals surface area contributed by atoms with Gasteiger partial charge < -0.3 is 15.4 Å². The van der Waals surface area contributed by atoms with Crippen molar-refractivity contribution in [2.75, 3.05) is 5.32 Å². The van der Waals surface area contributed by atoms with Crippen molar-refractivity contribution in [3.63, 3.8) is 0 Å². The van der Waals surface area contributed by atoms with Gasteiger partial charge in [0.15, 0.2) is 5.11 Å². The Morgan fingerprint density at radius 3 is 3.00 bits per heavy atom. The summed E-state index contributed by atoms with van der Waals surface area (Å²) in [5.41, 5.74) is 1.56. The zero-order valence-corrected chi connectivity index (χ0v) is 13.3. The third-order valence-electron chi connectivity index (χ3n) is 3.17. The first-order chi connectivity index (χ1) is 9.95. The fourth-order valence-corrected chi connectivity index (χ4v) is 2.87. The zero-order chi connectivity index (χ0) is 15.4. The average molecular weight is 328 g/mol. The zero-order valence-electron chi connectivity index (χ0n) is 11.7. The molecule has 1 aliphatic heterocycles. The number of carbonyl (C=O) groups is 2. The molecule has 0 spiro atoms. The number of ether oxygens (including phenoxy) is 1. The molecule has 1 fully saturated rings. The largest absolute Gasteiger partial charge is 0.462 e. The van der Waals surface area contributed by atoms with E-state index in [9.17, 15) is 9.59 Å². The van der Waals surface area contributed by atoms with E-state index in [1.807, 2.05) is 6.92 Å².